The van der Waals surface area contributed by atoms with E-state index in [4.69, 9.17) is 0 Å². The number of hydrogen-bond acceptors (Lipinski definition) is 5. The Morgan fingerprint density at radius 3 is 2.56 bits per heavy atom. The summed E-state index contributed by atoms with van der Waals surface area (Å²) >= 11 is 3.62. The molecule has 3 unspecified atom stereocenters. The summed E-state index contributed by atoms with van der Waals surface area (Å²) in [5.41, 5.74) is 3.77. The Bertz CT molecular complexity index is 1110. The SMILES string of the molecule is CSc1ccc2c(c1)N(CCCN1CCC(C(O)F)CC1c1ccccc1)c1ccccc1S2. The van der Waals surface area contributed by atoms with Gasteiger partial charge in [-0.25, -0.2) is 4.39 Å². The molecule has 0 aromatic heterocycles. The number of nitrogens with zero attached hydrogens (tertiary/aromatic N) is 2. The first-order valence-electron chi connectivity index (χ1n) is 12.0. The number of thioether (sulfide) groups is 1. The van der Waals surface area contributed by atoms with Crippen molar-refractivity contribution >= 4 is 34.9 Å². The van der Waals surface area contributed by atoms with Crippen molar-refractivity contribution in [1.82, 2.24) is 4.90 Å². The van der Waals surface area contributed by atoms with Crippen LogP contribution in [0, 0.1) is 5.92 Å². The number of halogens is 1. The van der Waals surface area contributed by atoms with E-state index in [1.807, 2.05) is 30.0 Å². The minimum absolute atomic E-state index is 0.143. The highest BCUT2D eigenvalue weighted by Crippen LogP contribution is 2.49. The van der Waals surface area contributed by atoms with Crippen molar-refractivity contribution in [2.45, 2.75) is 46.3 Å². The quantitative estimate of drug-likeness (QED) is 0.352. The van der Waals surface area contributed by atoms with Gasteiger partial charge in [0.25, 0.3) is 0 Å². The first-order chi connectivity index (χ1) is 16.6. The number of likely N-dealkylation sites (tertiary alicyclic amines) is 1. The molecule has 2 aliphatic rings. The molecule has 0 spiro atoms. The van der Waals surface area contributed by atoms with E-state index < -0.39 is 6.36 Å². The zero-order valence-electron chi connectivity index (χ0n) is 19.4. The van der Waals surface area contributed by atoms with Crippen LogP contribution in [-0.2, 0) is 0 Å². The van der Waals surface area contributed by atoms with E-state index in [-0.39, 0.29) is 12.0 Å². The van der Waals surface area contributed by atoms with Gasteiger partial charge in [0.1, 0.15) is 0 Å². The van der Waals surface area contributed by atoms with E-state index in [1.165, 1.54) is 31.6 Å². The molecule has 34 heavy (non-hydrogen) atoms. The van der Waals surface area contributed by atoms with Gasteiger partial charge in [-0.2, -0.15) is 0 Å². The molecule has 178 valence electrons. The summed E-state index contributed by atoms with van der Waals surface area (Å²) in [6.45, 7) is 2.68. The third-order valence-electron chi connectivity index (χ3n) is 6.99. The topological polar surface area (TPSA) is 26.7 Å². The Kier molecular flexibility index (Phi) is 7.49. The van der Waals surface area contributed by atoms with E-state index in [2.05, 4.69) is 70.7 Å². The van der Waals surface area contributed by atoms with Gasteiger partial charge in [-0.3, -0.25) is 4.90 Å². The third-order valence-corrected chi connectivity index (χ3v) is 8.84. The van der Waals surface area contributed by atoms with Gasteiger partial charge in [0, 0.05) is 39.7 Å². The van der Waals surface area contributed by atoms with Crippen LogP contribution in [0.5, 0.6) is 0 Å². The minimum Gasteiger partial charge on any atom is -0.364 e. The molecular formula is C28H31FN2OS2. The molecule has 3 aromatic rings. The average molecular weight is 495 g/mol. The zero-order valence-corrected chi connectivity index (χ0v) is 21.1. The molecule has 2 heterocycles. The maximum atomic E-state index is 13.8. The number of rotatable bonds is 7. The fraction of sp³-hybridized carbons (Fsp3) is 0.357. The summed E-state index contributed by atoms with van der Waals surface area (Å²) in [6, 6.07) is 25.9. The predicted octanol–water partition coefficient (Wildman–Crippen LogP) is 7.14. The Hall–Kier alpha value is -1.99. The second-order valence-corrected chi connectivity index (χ2v) is 11.0. The highest BCUT2D eigenvalue weighted by molar-refractivity contribution is 8.00. The smallest absolute Gasteiger partial charge is 0.199 e. The number of alkyl halides is 1. The molecule has 1 saturated heterocycles. The van der Waals surface area contributed by atoms with Crippen LogP contribution < -0.4 is 4.90 Å². The molecule has 0 bridgehead atoms. The molecule has 3 nitrogen and oxygen atoms in total. The molecule has 0 aliphatic carbocycles. The fourth-order valence-corrected chi connectivity index (χ4v) is 6.70. The number of piperidine rings is 1. The largest absolute Gasteiger partial charge is 0.364 e. The summed E-state index contributed by atoms with van der Waals surface area (Å²) in [7, 11) is 0. The van der Waals surface area contributed by atoms with E-state index in [0.29, 0.717) is 12.8 Å². The second kappa shape index (κ2) is 10.7. The molecule has 2 aliphatic heterocycles. The van der Waals surface area contributed by atoms with Crippen LogP contribution in [0.25, 0.3) is 0 Å². The van der Waals surface area contributed by atoms with Gasteiger partial charge in [-0.15, -0.1) is 11.8 Å². The summed E-state index contributed by atoms with van der Waals surface area (Å²) in [6.07, 6.45) is 2.75. The van der Waals surface area contributed by atoms with Crippen molar-refractivity contribution in [2.75, 3.05) is 30.8 Å². The van der Waals surface area contributed by atoms with Gasteiger partial charge in [0.2, 0.25) is 0 Å². The highest BCUT2D eigenvalue weighted by Gasteiger charge is 2.33. The summed E-state index contributed by atoms with van der Waals surface area (Å²) in [5, 5.41) is 9.61. The summed E-state index contributed by atoms with van der Waals surface area (Å²) in [5.74, 6) is -0.288. The Morgan fingerprint density at radius 1 is 1.00 bits per heavy atom. The average Bonchev–Trinajstić information content (AvgIpc) is 2.88. The number of aliphatic hydroxyl groups is 1. The maximum absolute atomic E-state index is 13.8. The van der Waals surface area contributed by atoms with Crippen molar-refractivity contribution < 1.29 is 9.50 Å². The van der Waals surface area contributed by atoms with Crippen LogP contribution in [0.3, 0.4) is 0 Å². The molecule has 3 aromatic carbocycles. The first kappa shape index (κ1) is 23.7. The van der Waals surface area contributed by atoms with Gasteiger partial charge in [-0.05, 0) is 68.0 Å². The Balaban J connectivity index is 1.34. The lowest BCUT2D eigenvalue weighted by Crippen LogP contribution is -2.40. The van der Waals surface area contributed by atoms with Gasteiger partial charge in [0.15, 0.2) is 6.36 Å². The number of fused-ring (bicyclic) bond motifs is 2. The molecule has 0 radical (unpaired) electrons. The van der Waals surface area contributed by atoms with Crippen molar-refractivity contribution in [3.63, 3.8) is 0 Å². The first-order valence-corrected chi connectivity index (χ1v) is 14.0. The van der Waals surface area contributed by atoms with Crippen molar-refractivity contribution in [1.29, 1.82) is 0 Å². The van der Waals surface area contributed by atoms with Crippen molar-refractivity contribution in [2.24, 2.45) is 5.92 Å². The van der Waals surface area contributed by atoms with E-state index in [9.17, 15) is 9.50 Å². The fourth-order valence-electron chi connectivity index (χ4n) is 5.19. The zero-order chi connectivity index (χ0) is 23.5. The van der Waals surface area contributed by atoms with Crippen LogP contribution in [0.4, 0.5) is 15.8 Å². The van der Waals surface area contributed by atoms with Crippen LogP contribution in [-0.4, -0.2) is 42.3 Å². The molecular weight excluding hydrogens is 463 g/mol. The van der Waals surface area contributed by atoms with Crippen LogP contribution in [0.15, 0.2) is 87.5 Å². The van der Waals surface area contributed by atoms with E-state index >= 15 is 0 Å². The number of benzene rings is 3. The lowest BCUT2D eigenvalue weighted by atomic mass is 9.87. The normalized spacial score (nSPS) is 21.1. The second-order valence-electron chi connectivity index (χ2n) is 9.03. The van der Waals surface area contributed by atoms with Crippen LogP contribution in [0.2, 0.25) is 0 Å². The molecule has 1 fully saturated rings. The van der Waals surface area contributed by atoms with Gasteiger partial charge in [-0.1, -0.05) is 54.2 Å². The van der Waals surface area contributed by atoms with Crippen molar-refractivity contribution in [3.05, 3.63) is 78.4 Å². The molecule has 5 rings (SSSR count). The van der Waals surface area contributed by atoms with Crippen LogP contribution in [0.1, 0.15) is 30.9 Å². The number of aliphatic hydroxyl groups excluding tert-OH is 1. The lowest BCUT2D eigenvalue weighted by Gasteiger charge is -2.40. The van der Waals surface area contributed by atoms with Gasteiger partial charge >= 0.3 is 0 Å². The van der Waals surface area contributed by atoms with Crippen molar-refractivity contribution in [3.8, 4) is 0 Å². The molecule has 1 N–H and O–H groups in total. The Labute approximate surface area is 210 Å². The van der Waals surface area contributed by atoms with Gasteiger partial charge < -0.3 is 10.0 Å². The molecule has 0 amide bonds. The van der Waals surface area contributed by atoms with Gasteiger partial charge in [0.05, 0.1) is 11.4 Å². The maximum Gasteiger partial charge on any atom is 0.199 e. The predicted molar refractivity (Wildman–Crippen MR) is 141 cm³/mol. The standard InChI is InChI=1S/C28H31FN2OS2/c1-33-22-12-13-27-25(19-22)31(23-10-5-6-11-26(23)34-27)16-7-15-30-17-14-21(28(29)32)18-24(30)20-8-3-2-4-9-20/h2-6,8-13,19,21,24,28,32H,7,14-18H2,1H3. The summed E-state index contributed by atoms with van der Waals surface area (Å²) < 4.78 is 13.8. The lowest BCUT2D eigenvalue weighted by molar-refractivity contribution is -0.0479. The highest BCUT2D eigenvalue weighted by atomic mass is 32.2. The monoisotopic (exact) mass is 494 g/mol. The minimum atomic E-state index is -1.74. The third kappa shape index (κ3) is 5.01. The Morgan fingerprint density at radius 2 is 1.76 bits per heavy atom. The molecule has 0 saturated carbocycles. The molecule has 6 heteroatoms. The number of anilines is 2. The van der Waals surface area contributed by atoms with E-state index in [0.717, 1.165) is 26.1 Å². The molecule has 3 atom stereocenters. The number of hydrogen-bond donors (Lipinski definition) is 1. The summed E-state index contributed by atoms with van der Waals surface area (Å²) in [4.78, 5) is 8.83. The van der Waals surface area contributed by atoms with Crippen LogP contribution >= 0.6 is 23.5 Å². The number of para-hydroxylation sites is 1. The van der Waals surface area contributed by atoms with E-state index in [1.54, 1.807) is 11.8 Å².